The van der Waals surface area contributed by atoms with E-state index in [-0.39, 0.29) is 0 Å². The number of fused-ring (bicyclic) bond motifs is 1. The Kier molecular flexibility index (Phi) is 3.04. The Morgan fingerprint density at radius 2 is 2.39 bits per heavy atom. The van der Waals surface area contributed by atoms with E-state index in [2.05, 4.69) is 34.8 Å². The summed E-state index contributed by atoms with van der Waals surface area (Å²) in [5.41, 5.74) is 2.07. The van der Waals surface area contributed by atoms with Crippen molar-refractivity contribution in [1.29, 1.82) is 0 Å². The summed E-state index contributed by atoms with van der Waals surface area (Å²) in [6.07, 6.45) is 4.06. The maximum Gasteiger partial charge on any atom is 0.160 e. The first-order valence-corrected chi connectivity index (χ1v) is 6.78. The fourth-order valence-electron chi connectivity index (χ4n) is 2.73. The van der Waals surface area contributed by atoms with E-state index in [0.29, 0.717) is 12.0 Å². The highest BCUT2D eigenvalue weighted by atomic mass is 15.2. The fraction of sp³-hybridized carbons (Fsp3) is 0.571. The van der Waals surface area contributed by atoms with Gasteiger partial charge in [0.2, 0.25) is 0 Å². The molecule has 1 aliphatic rings. The van der Waals surface area contributed by atoms with Crippen LogP contribution < -0.4 is 5.32 Å². The molecule has 18 heavy (non-hydrogen) atoms. The van der Waals surface area contributed by atoms with Crippen LogP contribution in [0.25, 0.3) is 11.2 Å². The van der Waals surface area contributed by atoms with Crippen molar-refractivity contribution in [3.8, 4) is 0 Å². The van der Waals surface area contributed by atoms with Crippen LogP contribution in [0.3, 0.4) is 0 Å². The molecule has 1 N–H and O–H groups in total. The van der Waals surface area contributed by atoms with Crippen molar-refractivity contribution in [3.63, 3.8) is 0 Å². The Labute approximate surface area is 107 Å². The second kappa shape index (κ2) is 4.69. The van der Waals surface area contributed by atoms with Crippen molar-refractivity contribution >= 4 is 11.2 Å². The van der Waals surface area contributed by atoms with Crippen LogP contribution in [0.2, 0.25) is 0 Å². The number of nitrogens with one attached hydrogen (secondary N) is 1. The van der Waals surface area contributed by atoms with Crippen LogP contribution in [0.4, 0.5) is 0 Å². The predicted octanol–water partition coefficient (Wildman–Crippen LogP) is 2.16. The van der Waals surface area contributed by atoms with Gasteiger partial charge in [-0.15, -0.1) is 0 Å². The van der Waals surface area contributed by atoms with Crippen molar-refractivity contribution in [2.75, 3.05) is 13.1 Å². The first-order valence-electron chi connectivity index (χ1n) is 6.78. The first-order chi connectivity index (χ1) is 8.75. The lowest BCUT2D eigenvalue weighted by Crippen LogP contribution is -2.17. The summed E-state index contributed by atoms with van der Waals surface area (Å²) >= 11 is 0. The second-order valence-corrected chi connectivity index (χ2v) is 5.49. The molecule has 1 saturated heterocycles. The molecule has 4 nitrogen and oxygen atoms in total. The average molecular weight is 244 g/mol. The number of rotatable bonds is 3. The third kappa shape index (κ3) is 2.01. The van der Waals surface area contributed by atoms with E-state index >= 15 is 0 Å². The van der Waals surface area contributed by atoms with Crippen LogP contribution in [0.1, 0.15) is 32.1 Å². The molecule has 1 fully saturated rings. The van der Waals surface area contributed by atoms with Gasteiger partial charge >= 0.3 is 0 Å². The van der Waals surface area contributed by atoms with Gasteiger partial charge in [0.15, 0.2) is 5.65 Å². The fourth-order valence-corrected chi connectivity index (χ4v) is 2.73. The van der Waals surface area contributed by atoms with Gasteiger partial charge in [0.1, 0.15) is 11.3 Å². The molecule has 0 bridgehead atoms. The van der Waals surface area contributed by atoms with E-state index in [1.165, 1.54) is 12.2 Å². The lowest BCUT2D eigenvalue weighted by Gasteiger charge is -2.16. The Morgan fingerprint density at radius 1 is 1.50 bits per heavy atom. The third-order valence-electron chi connectivity index (χ3n) is 3.51. The monoisotopic (exact) mass is 244 g/mol. The van der Waals surface area contributed by atoms with Gasteiger partial charge < -0.3 is 9.88 Å². The van der Waals surface area contributed by atoms with Gasteiger partial charge in [-0.2, -0.15) is 0 Å². The Hall–Kier alpha value is -1.42. The highest BCUT2D eigenvalue weighted by Crippen LogP contribution is 2.24. The minimum absolute atomic E-state index is 0.513. The first kappa shape index (κ1) is 11.7. The number of pyridine rings is 1. The van der Waals surface area contributed by atoms with Gasteiger partial charge in [0, 0.05) is 19.2 Å². The molecule has 2 aromatic rings. The number of imidazole rings is 1. The summed E-state index contributed by atoms with van der Waals surface area (Å²) in [4.78, 5) is 9.30. The lowest BCUT2D eigenvalue weighted by molar-refractivity contribution is 0.507. The van der Waals surface area contributed by atoms with E-state index in [4.69, 9.17) is 4.98 Å². The number of aromatic nitrogens is 3. The lowest BCUT2D eigenvalue weighted by atomic mass is 10.1. The highest BCUT2D eigenvalue weighted by molar-refractivity contribution is 5.71. The molecule has 0 aromatic carbocycles. The van der Waals surface area contributed by atoms with E-state index < -0.39 is 0 Å². The molecule has 2 aromatic heterocycles. The number of hydrogen-bond acceptors (Lipinski definition) is 3. The summed E-state index contributed by atoms with van der Waals surface area (Å²) in [5, 5.41) is 3.43. The molecule has 0 spiro atoms. The van der Waals surface area contributed by atoms with Crippen LogP contribution in [-0.2, 0) is 6.42 Å². The van der Waals surface area contributed by atoms with Crippen LogP contribution in [-0.4, -0.2) is 27.6 Å². The summed E-state index contributed by atoms with van der Waals surface area (Å²) < 4.78 is 2.36. The molecule has 1 atom stereocenters. The minimum Gasteiger partial charge on any atom is -0.315 e. The zero-order valence-electron chi connectivity index (χ0n) is 11.1. The van der Waals surface area contributed by atoms with E-state index in [1.54, 1.807) is 0 Å². The Bertz CT molecular complexity index is 538. The van der Waals surface area contributed by atoms with Crippen LogP contribution in [0.15, 0.2) is 18.3 Å². The smallest absolute Gasteiger partial charge is 0.160 e. The Morgan fingerprint density at radius 3 is 3.11 bits per heavy atom. The minimum atomic E-state index is 0.513. The maximum atomic E-state index is 4.77. The zero-order valence-corrected chi connectivity index (χ0v) is 11.1. The van der Waals surface area contributed by atoms with Crippen molar-refractivity contribution in [3.05, 3.63) is 24.2 Å². The van der Waals surface area contributed by atoms with E-state index in [0.717, 1.165) is 30.7 Å². The predicted molar refractivity (Wildman–Crippen MR) is 72.6 cm³/mol. The molecular weight excluding hydrogens is 224 g/mol. The quantitative estimate of drug-likeness (QED) is 0.899. The molecule has 0 amide bonds. The van der Waals surface area contributed by atoms with Gasteiger partial charge in [-0.25, -0.2) is 9.97 Å². The maximum absolute atomic E-state index is 4.77. The summed E-state index contributed by atoms with van der Waals surface area (Å²) in [6.45, 7) is 6.61. The van der Waals surface area contributed by atoms with Crippen LogP contribution >= 0.6 is 0 Å². The van der Waals surface area contributed by atoms with Crippen LogP contribution in [0.5, 0.6) is 0 Å². The van der Waals surface area contributed by atoms with Gasteiger partial charge in [0.05, 0.1) is 6.04 Å². The standard InChI is InChI=1S/C14H20N4/c1-10(2)8-13-17-12-4-3-6-16-14(12)18(13)11-5-7-15-9-11/h3-4,6,10-11,15H,5,7-9H2,1-2H3. The average Bonchev–Trinajstić information content (AvgIpc) is 2.93. The van der Waals surface area contributed by atoms with Gasteiger partial charge in [-0.05, 0) is 31.0 Å². The van der Waals surface area contributed by atoms with Gasteiger partial charge in [-0.3, -0.25) is 0 Å². The molecule has 0 saturated carbocycles. The third-order valence-corrected chi connectivity index (χ3v) is 3.51. The molecule has 1 aliphatic heterocycles. The molecule has 96 valence electrons. The molecular formula is C14H20N4. The van der Waals surface area contributed by atoms with Gasteiger partial charge in [0.25, 0.3) is 0 Å². The number of nitrogens with zero attached hydrogens (tertiary/aromatic N) is 3. The van der Waals surface area contributed by atoms with Crippen molar-refractivity contribution in [2.45, 2.75) is 32.7 Å². The van der Waals surface area contributed by atoms with E-state index in [1.807, 2.05) is 12.3 Å². The molecule has 3 heterocycles. The topological polar surface area (TPSA) is 42.7 Å². The SMILES string of the molecule is CC(C)Cc1nc2cccnc2n1C1CCNC1. The molecule has 0 aliphatic carbocycles. The van der Waals surface area contributed by atoms with E-state index in [9.17, 15) is 0 Å². The summed E-state index contributed by atoms with van der Waals surface area (Å²) in [6, 6.07) is 4.54. The van der Waals surface area contributed by atoms with Crippen molar-refractivity contribution in [1.82, 2.24) is 19.9 Å². The van der Waals surface area contributed by atoms with Crippen LogP contribution in [0, 0.1) is 5.92 Å². The number of hydrogen-bond donors (Lipinski definition) is 1. The summed E-state index contributed by atoms with van der Waals surface area (Å²) in [7, 11) is 0. The van der Waals surface area contributed by atoms with Crippen molar-refractivity contribution in [2.24, 2.45) is 5.92 Å². The zero-order chi connectivity index (χ0) is 12.5. The molecule has 0 radical (unpaired) electrons. The normalized spacial score (nSPS) is 20.1. The largest absolute Gasteiger partial charge is 0.315 e. The summed E-state index contributed by atoms with van der Waals surface area (Å²) in [5.74, 6) is 1.81. The molecule has 4 heteroatoms. The van der Waals surface area contributed by atoms with Crippen molar-refractivity contribution < 1.29 is 0 Å². The Balaban J connectivity index is 2.11. The second-order valence-electron chi connectivity index (χ2n) is 5.49. The molecule has 1 unspecified atom stereocenters. The van der Waals surface area contributed by atoms with Gasteiger partial charge in [-0.1, -0.05) is 13.8 Å². The molecule has 3 rings (SSSR count). The highest BCUT2D eigenvalue weighted by Gasteiger charge is 2.23.